The van der Waals surface area contributed by atoms with E-state index in [0.29, 0.717) is 36.6 Å². The van der Waals surface area contributed by atoms with Crippen LogP contribution in [-0.4, -0.2) is 59.3 Å². The van der Waals surface area contributed by atoms with Gasteiger partial charge in [-0.1, -0.05) is 17.7 Å². The van der Waals surface area contributed by atoms with Crippen molar-refractivity contribution >= 4 is 33.3 Å². The molecule has 45 heavy (non-hydrogen) atoms. The molecule has 6 rings (SSSR count). The first-order chi connectivity index (χ1) is 21.6. The number of amides is 1. The quantitative estimate of drug-likeness (QED) is 0.157. The summed E-state index contributed by atoms with van der Waals surface area (Å²) >= 11 is 6.33. The zero-order valence-electron chi connectivity index (χ0n) is 25.8. The fourth-order valence-corrected chi connectivity index (χ4v) is 7.81. The van der Waals surface area contributed by atoms with Crippen LogP contribution in [0.2, 0.25) is 5.15 Å². The molecule has 1 amide bonds. The summed E-state index contributed by atoms with van der Waals surface area (Å²) in [6, 6.07) is 9.34. The SMILES string of the molecule is CC1(C)C[C@H](CCCNc2cccc(S(=O)(=O)NC(=O)c3ccc(-n4ccc(OCCC5CCC5C5CC5)n4)nc3Cl)n2)CN1. The average molecular weight is 656 g/mol. The molecule has 0 bridgehead atoms. The highest BCUT2D eigenvalue weighted by atomic mass is 35.5. The minimum absolute atomic E-state index is 0.0859. The first-order valence-corrected chi connectivity index (χ1v) is 17.8. The highest BCUT2D eigenvalue weighted by Gasteiger charge is 2.41. The van der Waals surface area contributed by atoms with Crippen molar-refractivity contribution < 1.29 is 17.9 Å². The van der Waals surface area contributed by atoms with Crippen LogP contribution in [0.1, 0.15) is 75.6 Å². The third-order valence-electron chi connectivity index (χ3n) is 9.31. The van der Waals surface area contributed by atoms with Crippen molar-refractivity contribution in [2.45, 2.75) is 75.8 Å². The summed E-state index contributed by atoms with van der Waals surface area (Å²) in [7, 11) is -4.26. The summed E-state index contributed by atoms with van der Waals surface area (Å²) in [6.07, 6.45) is 11.3. The number of hydrogen-bond acceptors (Lipinski definition) is 9. The average Bonchev–Trinajstić information content (AvgIpc) is 3.57. The number of carbonyl (C=O) groups excluding carboxylic acids is 1. The lowest BCUT2D eigenvalue weighted by Crippen LogP contribution is -2.31. The summed E-state index contributed by atoms with van der Waals surface area (Å²) in [5.41, 5.74) is 0.0963. The predicted molar refractivity (Wildman–Crippen MR) is 172 cm³/mol. The molecule has 3 aromatic rings. The van der Waals surface area contributed by atoms with Crippen LogP contribution in [0.4, 0.5) is 5.82 Å². The Balaban J connectivity index is 0.998. The van der Waals surface area contributed by atoms with E-state index in [1.54, 1.807) is 30.5 Å². The van der Waals surface area contributed by atoms with Gasteiger partial charge in [-0.2, -0.15) is 8.42 Å². The molecule has 0 spiro atoms. The van der Waals surface area contributed by atoms with Gasteiger partial charge in [-0.3, -0.25) is 4.79 Å². The van der Waals surface area contributed by atoms with Crippen molar-refractivity contribution in [2.24, 2.45) is 23.7 Å². The van der Waals surface area contributed by atoms with E-state index in [9.17, 15) is 13.2 Å². The molecule has 3 aromatic heterocycles. The summed E-state index contributed by atoms with van der Waals surface area (Å²) < 4.78 is 35.5. The number of sulfonamides is 1. The van der Waals surface area contributed by atoms with Gasteiger partial charge in [-0.15, -0.1) is 5.10 Å². The number of ether oxygens (including phenoxy) is 1. The Morgan fingerprint density at radius 2 is 1.96 bits per heavy atom. The molecule has 2 saturated carbocycles. The number of rotatable bonds is 14. The highest BCUT2D eigenvalue weighted by Crippen LogP contribution is 2.51. The lowest BCUT2D eigenvalue weighted by molar-refractivity contribution is 0.0981. The van der Waals surface area contributed by atoms with Crippen molar-refractivity contribution in [1.29, 1.82) is 0 Å². The summed E-state index contributed by atoms with van der Waals surface area (Å²) in [5.74, 6) is 3.60. The zero-order valence-corrected chi connectivity index (χ0v) is 27.4. The normalized spacial score (nSPS) is 22.5. The van der Waals surface area contributed by atoms with E-state index in [4.69, 9.17) is 16.3 Å². The molecule has 3 fully saturated rings. The molecule has 1 aliphatic heterocycles. The Hall–Kier alpha value is -3.22. The van der Waals surface area contributed by atoms with Gasteiger partial charge in [0.15, 0.2) is 10.8 Å². The molecule has 0 aromatic carbocycles. The molecule has 1 saturated heterocycles. The minimum Gasteiger partial charge on any atom is -0.477 e. The van der Waals surface area contributed by atoms with Crippen LogP contribution in [-0.2, 0) is 10.0 Å². The maximum atomic E-state index is 13.0. The van der Waals surface area contributed by atoms with Gasteiger partial charge in [0, 0.05) is 24.3 Å². The van der Waals surface area contributed by atoms with Crippen LogP contribution in [0.3, 0.4) is 0 Å². The number of halogens is 1. The van der Waals surface area contributed by atoms with Crippen molar-refractivity contribution in [3.8, 4) is 11.7 Å². The summed E-state index contributed by atoms with van der Waals surface area (Å²) in [4.78, 5) is 21.4. The second kappa shape index (κ2) is 13.3. The molecule has 242 valence electrons. The van der Waals surface area contributed by atoms with Gasteiger partial charge < -0.3 is 15.4 Å². The van der Waals surface area contributed by atoms with Crippen molar-refractivity contribution in [2.75, 3.05) is 25.0 Å². The third-order valence-corrected chi connectivity index (χ3v) is 10.8. The molecule has 2 aliphatic carbocycles. The van der Waals surface area contributed by atoms with Crippen LogP contribution >= 0.6 is 11.6 Å². The van der Waals surface area contributed by atoms with Gasteiger partial charge in [-0.25, -0.2) is 19.4 Å². The minimum atomic E-state index is -4.26. The van der Waals surface area contributed by atoms with Crippen LogP contribution in [0.5, 0.6) is 5.88 Å². The first kappa shape index (κ1) is 31.7. The standard InChI is InChI=1S/C32H42ClN7O4S/c1-32(2)19-21(20-35-32)5-4-16-34-26-6-3-7-29(36-26)45(42,43)39-31(41)25-12-13-27(37-30(25)33)40-17-14-28(38-40)44-18-15-23-10-11-24(23)22-8-9-22/h3,6-7,12-14,17,21-24,35H,4-5,8-11,15-16,18-20H2,1-2H3,(H,34,36)(H,39,41)/t21-,23?,24?/m0/s1. The Morgan fingerprint density at radius 3 is 2.67 bits per heavy atom. The largest absolute Gasteiger partial charge is 0.477 e. The van der Waals surface area contributed by atoms with E-state index in [1.807, 2.05) is 0 Å². The summed E-state index contributed by atoms with van der Waals surface area (Å²) in [5, 5.41) is 10.7. The van der Waals surface area contributed by atoms with E-state index < -0.39 is 15.9 Å². The second-order valence-corrected chi connectivity index (χ2v) is 15.3. The van der Waals surface area contributed by atoms with E-state index in [2.05, 4.69) is 44.3 Å². The smallest absolute Gasteiger partial charge is 0.281 e. The molecule has 3 aliphatic rings. The van der Waals surface area contributed by atoms with Gasteiger partial charge in [0.1, 0.15) is 11.0 Å². The lowest BCUT2D eigenvalue weighted by atomic mass is 9.69. The number of carbonyl (C=O) groups is 1. The Labute approximate surface area is 269 Å². The van der Waals surface area contributed by atoms with Gasteiger partial charge in [0.2, 0.25) is 5.88 Å². The number of nitrogens with zero attached hydrogens (tertiary/aromatic N) is 4. The molecular formula is C32H42ClN7O4S. The molecule has 11 nitrogen and oxygen atoms in total. The third kappa shape index (κ3) is 7.96. The number of hydrogen-bond donors (Lipinski definition) is 3. The molecule has 3 atom stereocenters. The zero-order chi connectivity index (χ0) is 31.6. The van der Waals surface area contributed by atoms with E-state index in [1.165, 1.54) is 42.5 Å². The van der Waals surface area contributed by atoms with Gasteiger partial charge in [0.25, 0.3) is 15.9 Å². The number of anilines is 1. The van der Waals surface area contributed by atoms with Crippen LogP contribution in [0, 0.1) is 23.7 Å². The molecule has 4 heterocycles. The maximum absolute atomic E-state index is 13.0. The first-order valence-electron chi connectivity index (χ1n) is 15.9. The van der Waals surface area contributed by atoms with E-state index >= 15 is 0 Å². The van der Waals surface area contributed by atoms with Gasteiger partial charge >= 0.3 is 0 Å². The maximum Gasteiger partial charge on any atom is 0.281 e. The number of nitrogens with one attached hydrogen (secondary N) is 3. The van der Waals surface area contributed by atoms with Gasteiger partial charge in [0.05, 0.1) is 12.2 Å². The molecular weight excluding hydrogens is 614 g/mol. The van der Waals surface area contributed by atoms with Crippen LogP contribution in [0.15, 0.2) is 47.6 Å². The van der Waals surface area contributed by atoms with E-state index in [-0.39, 0.29) is 21.3 Å². The number of pyridine rings is 2. The monoisotopic (exact) mass is 655 g/mol. The lowest BCUT2D eigenvalue weighted by Gasteiger charge is -2.37. The Kier molecular flexibility index (Phi) is 9.35. The van der Waals surface area contributed by atoms with Crippen molar-refractivity contribution in [3.05, 3.63) is 53.3 Å². The fraction of sp³-hybridized carbons (Fsp3) is 0.562. The van der Waals surface area contributed by atoms with E-state index in [0.717, 1.165) is 50.0 Å². The second-order valence-electron chi connectivity index (χ2n) is 13.3. The van der Waals surface area contributed by atoms with Crippen LogP contribution < -0.4 is 20.1 Å². The molecule has 13 heteroatoms. The Morgan fingerprint density at radius 1 is 1.11 bits per heavy atom. The van der Waals surface area contributed by atoms with Gasteiger partial charge in [-0.05, 0) is 120 Å². The van der Waals surface area contributed by atoms with Crippen molar-refractivity contribution in [1.82, 2.24) is 29.8 Å². The topological polar surface area (TPSA) is 140 Å². The predicted octanol–water partition coefficient (Wildman–Crippen LogP) is 5.22. The number of aromatic nitrogens is 4. The van der Waals surface area contributed by atoms with Crippen molar-refractivity contribution in [3.63, 3.8) is 0 Å². The summed E-state index contributed by atoms with van der Waals surface area (Å²) in [6.45, 7) is 6.73. The Bertz CT molecular complexity index is 1620. The molecule has 0 radical (unpaired) electrons. The molecule has 3 N–H and O–H groups in total. The highest BCUT2D eigenvalue weighted by molar-refractivity contribution is 7.90. The van der Waals surface area contributed by atoms with Crippen LogP contribution in [0.25, 0.3) is 5.82 Å². The fourth-order valence-electron chi connectivity index (χ4n) is 6.64. The molecule has 2 unspecified atom stereocenters.